The maximum Gasteiger partial charge on any atom is 0.227 e. The molecule has 1 saturated carbocycles. The van der Waals surface area contributed by atoms with Crippen LogP contribution in [-0.2, 0) is 6.54 Å². The van der Waals surface area contributed by atoms with Crippen LogP contribution in [0, 0.1) is 11.3 Å². The highest BCUT2D eigenvalue weighted by Crippen LogP contribution is 2.34. The molecule has 32 heavy (non-hydrogen) atoms. The molecule has 0 bridgehead atoms. The number of ether oxygens (including phenoxy) is 1. The minimum atomic E-state index is -0.196. The SMILES string of the molecule is C[C@@H](Cn1cncn1)Oc1cc(-c2cnc(Nc3cnn(C4CC4)c3)nc2)ccc1C#N. The summed E-state index contributed by atoms with van der Waals surface area (Å²) in [5, 5.41) is 21.1. The van der Waals surface area contributed by atoms with Crippen molar-refractivity contribution in [2.45, 2.75) is 38.5 Å². The lowest BCUT2D eigenvalue weighted by Gasteiger charge is -2.16. The van der Waals surface area contributed by atoms with E-state index in [2.05, 4.69) is 36.5 Å². The molecule has 3 heterocycles. The maximum absolute atomic E-state index is 9.47. The van der Waals surface area contributed by atoms with Crippen LogP contribution < -0.4 is 10.1 Å². The second-order valence-corrected chi connectivity index (χ2v) is 7.73. The van der Waals surface area contributed by atoms with E-state index in [1.807, 2.05) is 29.9 Å². The van der Waals surface area contributed by atoms with E-state index in [4.69, 9.17) is 4.74 Å². The molecule has 3 aromatic heterocycles. The summed E-state index contributed by atoms with van der Waals surface area (Å²) in [7, 11) is 0. The van der Waals surface area contributed by atoms with Crippen LogP contribution in [0.25, 0.3) is 11.1 Å². The number of rotatable bonds is 8. The smallest absolute Gasteiger partial charge is 0.227 e. The zero-order valence-corrected chi connectivity index (χ0v) is 17.5. The molecule has 0 spiro atoms. The lowest BCUT2D eigenvalue weighted by Crippen LogP contribution is -2.20. The van der Waals surface area contributed by atoms with Gasteiger partial charge in [-0.1, -0.05) is 6.07 Å². The fourth-order valence-corrected chi connectivity index (χ4v) is 3.35. The highest BCUT2D eigenvalue weighted by Gasteiger charge is 2.24. The van der Waals surface area contributed by atoms with Crippen LogP contribution in [0.1, 0.15) is 31.4 Å². The van der Waals surface area contributed by atoms with Crippen molar-refractivity contribution in [2.24, 2.45) is 0 Å². The standard InChI is InChI=1S/C22H21N9O/c1-15(11-30-14-24-13-28-30)32-21-6-16(2-3-17(21)7-23)18-8-25-22(26-9-18)29-19-10-27-31(12-19)20-4-5-20/h2-3,6,8-10,12-15,20H,4-5,11H2,1H3,(H,25,26,29)/t15-/m0/s1. The summed E-state index contributed by atoms with van der Waals surface area (Å²) >= 11 is 0. The van der Waals surface area contributed by atoms with Crippen molar-refractivity contribution in [2.75, 3.05) is 5.32 Å². The Balaban J connectivity index is 1.30. The van der Waals surface area contributed by atoms with Gasteiger partial charge in [0, 0.05) is 24.2 Å². The third-order valence-electron chi connectivity index (χ3n) is 5.10. The van der Waals surface area contributed by atoms with Gasteiger partial charge >= 0.3 is 0 Å². The van der Waals surface area contributed by atoms with Gasteiger partial charge in [-0.2, -0.15) is 15.5 Å². The molecule has 0 unspecified atom stereocenters. The normalized spacial score (nSPS) is 14.0. The van der Waals surface area contributed by atoms with Crippen molar-refractivity contribution in [3.63, 3.8) is 0 Å². The van der Waals surface area contributed by atoms with Crippen molar-refractivity contribution in [3.05, 3.63) is 61.2 Å². The van der Waals surface area contributed by atoms with Crippen LogP contribution >= 0.6 is 0 Å². The Morgan fingerprint density at radius 1 is 1.19 bits per heavy atom. The Morgan fingerprint density at radius 3 is 2.75 bits per heavy atom. The lowest BCUT2D eigenvalue weighted by atomic mass is 10.1. The molecule has 0 saturated heterocycles. The lowest BCUT2D eigenvalue weighted by molar-refractivity contribution is 0.193. The zero-order chi connectivity index (χ0) is 21.9. The molecule has 160 valence electrons. The van der Waals surface area contributed by atoms with Gasteiger partial charge in [-0.15, -0.1) is 0 Å². The second kappa shape index (κ2) is 8.47. The Bertz CT molecular complexity index is 1240. The number of anilines is 2. The van der Waals surface area contributed by atoms with Gasteiger partial charge in [0.2, 0.25) is 5.95 Å². The number of aromatic nitrogens is 7. The van der Waals surface area contributed by atoms with E-state index < -0.39 is 0 Å². The average Bonchev–Trinajstić information content (AvgIpc) is 3.33. The van der Waals surface area contributed by atoms with Crippen LogP contribution in [0.3, 0.4) is 0 Å². The summed E-state index contributed by atoms with van der Waals surface area (Å²) < 4.78 is 9.69. The zero-order valence-electron chi connectivity index (χ0n) is 17.5. The highest BCUT2D eigenvalue weighted by atomic mass is 16.5. The van der Waals surface area contributed by atoms with Crippen LogP contribution in [0.15, 0.2) is 55.6 Å². The molecule has 1 atom stereocenters. The van der Waals surface area contributed by atoms with E-state index in [0.29, 0.717) is 29.8 Å². The number of benzene rings is 1. The summed E-state index contributed by atoms with van der Waals surface area (Å²) in [6.07, 6.45) is 12.5. The van der Waals surface area contributed by atoms with Crippen molar-refractivity contribution >= 4 is 11.6 Å². The monoisotopic (exact) mass is 427 g/mol. The van der Waals surface area contributed by atoms with Crippen molar-refractivity contribution < 1.29 is 4.74 Å². The summed E-state index contributed by atoms with van der Waals surface area (Å²) in [6.45, 7) is 2.44. The number of nitriles is 1. The van der Waals surface area contributed by atoms with Gasteiger partial charge in [0.15, 0.2) is 0 Å². The summed E-state index contributed by atoms with van der Waals surface area (Å²) in [5.74, 6) is 1.00. The topological polar surface area (TPSA) is 119 Å². The Kier molecular flexibility index (Phi) is 5.21. The van der Waals surface area contributed by atoms with E-state index in [9.17, 15) is 5.26 Å². The first-order valence-electron chi connectivity index (χ1n) is 10.3. The molecule has 1 aliphatic carbocycles. The van der Waals surface area contributed by atoms with Crippen LogP contribution in [0.4, 0.5) is 11.6 Å². The van der Waals surface area contributed by atoms with E-state index in [1.165, 1.54) is 19.2 Å². The predicted molar refractivity (Wildman–Crippen MR) is 116 cm³/mol. The average molecular weight is 427 g/mol. The molecule has 1 aromatic carbocycles. The molecule has 0 radical (unpaired) electrons. The molecule has 5 rings (SSSR count). The molecular formula is C22H21N9O. The fraction of sp³-hybridized carbons (Fsp3) is 0.273. The van der Waals surface area contributed by atoms with Crippen LogP contribution in [0.5, 0.6) is 5.75 Å². The van der Waals surface area contributed by atoms with Crippen molar-refractivity contribution in [3.8, 4) is 22.9 Å². The molecule has 1 N–H and O–H groups in total. The summed E-state index contributed by atoms with van der Waals surface area (Å²) in [5.41, 5.74) is 3.01. The van der Waals surface area contributed by atoms with Crippen LogP contribution in [-0.4, -0.2) is 40.6 Å². The van der Waals surface area contributed by atoms with Gasteiger partial charge in [-0.05, 0) is 37.5 Å². The van der Waals surface area contributed by atoms with E-state index in [0.717, 1.165) is 16.8 Å². The van der Waals surface area contributed by atoms with Gasteiger partial charge in [0.05, 0.1) is 30.0 Å². The van der Waals surface area contributed by atoms with E-state index >= 15 is 0 Å². The minimum absolute atomic E-state index is 0.196. The molecule has 10 nitrogen and oxygen atoms in total. The molecule has 0 amide bonds. The third-order valence-corrected chi connectivity index (χ3v) is 5.10. The first-order chi connectivity index (χ1) is 15.7. The van der Waals surface area contributed by atoms with Crippen molar-refractivity contribution in [1.29, 1.82) is 5.26 Å². The van der Waals surface area contributed by atoms with Gasteiger partial charge < -0.3 is 10.1 Å². The van der Waals surface area contributed by atoms with Crippen molar-refractivity contribution in [1.82, 2.24) is 34.5 Å². The molecule has 1 aliphatic rings. The molecule has 4 aromatic rings. The fourth-order valence-electron chi connectivity index (χ4n) is 3.35. The molecule has 0 aliphatic heterocycles. The summed E-state index contributed by atoms with van der Waals surface area (Å²) in [4.78, 5) is 12.8. The molecule has 10 heteroatoms. The maximum atomic E-state index is 9.47. The molecule has 1 fully saturated rings. The Hall–Kier alpha value is -4.26. The number of nitrogens with one attached hydrogen (secondary N) is 1. The minimum Gasteiger partial charge on any atom is -0.487 e. The Morgan fingerprint density at radius 2 is 2.03 bits per heavy atom. The number of hydrogen-bond donors (Lipinski definition) is 1. The predicted octanol–water partition coefficient (Wildman–Crippen LogP) is 3.35. The first kappa shape index (κ1) is 19.7. The largest absolute Gasteiger partial charge is 0.487 e. The van der Waals surface area contributed by atoms with E-state index in [1.54, 1.807) is 35.7 Å². The van der Waals surface area contributed by atoms with Gasteiger partial charge in [0.1, 0.15) is 30.6 Å². The van der Waals surface area contributed by atoms with Gasteiger partial charge in [0.25, 0.3) is 0 Å². The van der Waals surface area contributed by atoms with E-state index in [-0.39, 0.29) is 6.10 Å². The highest BCUT2D eigenvalue weighted by molar-refractivity contribution is 5.66. The van der Waals surface area contributed by atoms with Gasteiger partial charge in [-0.3, -0.25) is 4.68 Å². The third kappa shape index (κ3) is 4.41. The first-order valence-corrected chi connectivity index (χ1v) is 10.3. The second-order valence-electron chi connectivity index (χ2n) is 7.73. The van der Waals surface area contributed by atoms with Crippen LogP contribution in [0.2, 0.25) is 0 Å². The molecular weight excluding hydrogens is 406 g/mol. The number of hydrogen-bond acceptors (Lipinski definition) is 8. The summed E-state index contributed by atoms with van der Waals surface area (Å²) in [6, 6.07) is 8.15. The Labute approximate surface area is 184 Å². The quantitative estimate of drug-likeness (QED) is 0.455. The number of nitrogens with zero attached hydrogens (tertiary/aromatic N) is 8. The van der Waals surface area contributed by atoms with Gasteiger partial charge in [-0.25, -0.2) is 19.6 Å².